The van der Waals surface area contributed by atoms with Crippen LogP contribution in [0.5, 0.6) is 0 Å². The third kappa shape index (κ3) is 4.22. The molecule has 0 radical (unpaired) electrons. The molecule has 0 fully saturated rings. The summed E-state index contributed by atoms with van der Waals surface area (Å²) in [6, 6.07) is 9.74. The van der Waals surface area contributed by atoms with Crippen LogP contribution in [0.3, 0.4) is 0 Å². The van der Waals surface area contributed by atoms with E-state index < -0.39 is 0 Å². The molecule has 0 saturated heterocycles. The molecule has 2 nitrogen and oxygen atoms in total. The molecule has 0 amide bonds. The van der Waals surface area contributed by atoms with Gasteiger partial charge in [-0.15, -0.1) is 0 Å². The van der Waals surface area contributed by atoms with E-state index in [9.17, 15) is 0 Å². The molecule has 1 aromatic carbocycles. The van der Waals surface area contributed by atoms with E-state index in [1.165, 1.54) is 0 Å². The van der Waals surface area contributed by atoms with E-state index in [0.29, 0.717) is 11.4 Å². The van der Waals surface area contributed by atoms with Gasteiger partial charge in [-0.05, 0) is 38.0 Å². The summed E-state index contributed by atoms with van der Waals surface area (Å²) in [6.45, 7) is 3.99. The molecule has 1 aromatic rings. The summed E-state index contributed by atoms with van der Waals surface area (Å²) in [4.78, 5) is 0. The van der Waals surface area contributed by atoms with Gasteiger partial charge in [0.2, 0.25) is 0 Å². The van der Waals surface area contributed by atoms with E-state index in [0.717, 1.165) is 12.0 Å². The normalized spacial score (nSPS) is 12.4. The van der Waals surface area contributed by atoms with Gasteiger partial charge < -0.3 is 4.74 Å². The number of hydrogen-bond acceptors (Lipinski definition) is 2. The van der Waals surface area contributed by atoms with Crippen LogP contribution in [0, 0.1) is 11.3 Å². The van der Waals surface area contributed by atoms with Crippen molar-refractivity contribution in [3.8, 4) is 6.07 Å². The van der Waals surface area contributed by atoms with E-state index in [4.69, 9.17) is 21.6 Å². The smallest absolute Gasteiger partial charge is 0.0838 e. The fourth-order valence-corrected chi connectivity index (χ4v) is 1.64. The van der Waals surface area contributed by atoms with Crippen LogP contribution < -0.4 is 0 Å². The maximum atomic E-state index is 8.61. The van der Waals surface area contributed by atoms with Crippen LogP contribution in [0.1, 0.15) is 38.4 Å². The molecule has 1 unspecified atom stereocenters. The van der Waals surface area contributed by atoms with Crippen LogP contribution in [0.4, 0.5) is 0 Å². The van der Waals surface area contributed by atoms with Crippen molar-refractivity contribution in [1.82, 2.24) is 0 Å². The highest BCUT2D eigenvalue weighted by Gasteiger charge is 2.13. The molecular weight excluding hydrogens is 222 g/mol. The molecule has 0 heterocycles. The van der Waals surface area contributed by atoms with Gasteiger partial charge in [0, 0.05) is 11.4 Å². The van der Waals surface area contributed by atoms with Crippen LogP contribution in [0.2, 0.25) is 5.02 Å². The summed E-state index contributed by atoms with van der Waals surface area (Å²) in [5, 5.41) is 9.33. The van der Waals surface area contributed by atoms with E-state index in [-0.39, 0.29) is 12.2 Å². The zero-order valence-electron chi connectivity index (χ0n) is 9.61. The molecule has 0 N–H and O–H groups in total. The second kappa shape index (κ2) is 6.52. The largest absolute Gasteiger partial charge is 0.371 e. The molecule has 0 aliphatic carbocycles. The Morgan fingerprint density at radius 3 is 2.44 bits per heavy atom. The number of halogens is 1. The molecule has 16 heavy (non-hydrogen) atoms. The molecule has 1 rings (SSSR count). The van der Waals surface area contributed by atoms with Crippen LogP contribution in [0.15, 0.2) is 24.3 Å². The molecule has 0 spiro atoms. The lowest BCUT2D eigenvalue weighted by Gasteiger charge is -2.20. The SMILES string of the molecule is CC(C)OC(CCC#N)c1ccc(Cl)cc1. The molecule has 0 aliphatic heterocycles. The monoisotopic (exact) mass is 237 g/mol. The lowest BCUT2D eigenvalue weighted by Crippen LogP contribution is -2.10. The van der Waals surface area contributed by atoms with Crippen molar-refractivity contribution in [3.63, 3.8) is 0 Å². The van der Waals surface area contributed by atoms with Gasteiger partial charge in [-0.25, -0.2) is 0 Å². The number of nitrogens with zero attached hydrogens (tertiary/aromatic N) is 1. The minimum absolute atomic E-state index is 0.0167. The van der Waals surface area contributed by atoms with Gasteiger partial charge >= 0.3 is 0 Å². The Kier molecular flexibility index (Phi) is 5.31. The highest BCUT2D eigenvalue weighted by Crippen LogP contribution is 2.25. The second-order valence-electron chi connectivity index (χ2n) is 3.92. The van der Waals surface area contributed by atoms with Crippen molar-refractivity contribution in [2.75, 3.05) is 0 Å². The van der Waals surface area contributed by atoms with Gasteiger partial charge in [-0.1, -0.05) is 23.7 Å². The standard InChI is InChI=1S/C13H16ClNO/c1-10(2)16-13(4-3-9-15)11-5-7-12(14)8-6-11/h5-8,10,13H,3-4H2,1-2H3. The average molecular weight is 238 g/mol. The molecule has 3 heteroatoms. The lowest BCUT2D eigenvalue weighted by atomic mass is 10.0. The summed E-state index contributed by atoms with van der Waals surface area (Å²) < 4.78 is 5.78. The molecule has 86 valence electrons. The number of ether oxygens (including phenoxy) is 1. The first-order chi connectivity index (χ1) is 7.63. The molecular formula is C13H16ClNO. The van der Waals surface area contributed by atoms with Gasteiger partial charge in [0.15, 0.2) is 0 Å². The van der Waals surface area contributed by atoms with Gasteiger partial charge in [-0.3, -0.25) is 0 Å². The zero-order valence-corrected chi connectivity index (χ0v) is 10.4. The second-order valence-corrected chi connectivity index (χ2v) is 4.36. The Morgan fingerprint density at radius 2 is 1.94 bits per heavy atom. The predicted octanol–water partition coefficient (Wildman–Crippen LogP) is 4.11. The Bertz CT molecular complexity index is 353. The maximum Gasteiger partial charge on any atom is 0.0838 e. The lowest BCUT2D eigenvalue weighted by molar-refractivity contribution is 0.00251. The number of benzene rings is 1. The van der Waals surface area contributed by atoms with Gasteiger partial charge in [0.1, 0.15) is 0 Å². The third-order valence-corrected chi connectivity index (χ3v) is 2.45. The zero-order chi connectivity index (χ0) is 12.0. The predicted molar refractivity (Wildman–Crippen MR) is 65.3 cm³/mol. The first-order valence-corrected chi connectivity index (χ1v) is 5.79. The Morgan fingerprint density at radius 1 is 1.31 bits per heavy atom. The highest BCUT2D eigenvalue weighted by molar-refractivity contribution is 6.30. The van der Waals surface area contributed by atoms with Gasteiger partial charge in [0.25, 0.3) is 0 Å². The van der Waals surface area contributed by atoms with E-state index in [1.54, 1.807) is 0 Å². The summed E-state index contributed by atoms with van der Waals surface area (Å²) in [5.41, 5.74) is 1.08. The Balaban J connectivity index is 2.75. The van der Waals surface area contributed by atoms with Crippen LogP contribution >= 0.6 is 11.6 Å². The first-order valence-electron chi connectivity index (χ1n) is 5.41. The van der Waals surface area contributed by atoms with Gasteiger partial charge in [0.05, 0.1) is 18.3 Å². The summed E-state index contributed by atoms with van der Waals surface area (Å²) in [7, 11) is 0. The molecule has 0 bridgehead atoms. The molecule has 0 aromatic heterocycles. The van der Waals surface area contributed by atoms with Crippen molar-refractivity contribution in [1.29, 1.82) is 5.26 Å². The van der Waals surface area contributed by atoms with Crippen molar-refractivity contribution in [2.24, 2.45) is 0 Å². The fraction of sp³-hybridized carbons (Fsp3) is 0.462. The average Bonchev–Trinajstić information content (AvgIpc) is 2.25. The minimum Gasteiger partial charge on any atom is -0.371 e. The van der Waals surface area contributed by atoms with Crippen molar-refractivity contribution in [2.45, 2.75) is 38.9 Å². The summed E-state index contributed by atoms with van der Waals surface area (Å²) in [6.07, 6.45) is 1.35. The molecule has 0 aliphatic rings. The van der Waals surface area contributed by atoms with Gasteiger partial charge in [-0.2, -0.15) is 5.26 Å². The number of rotatable bonds is 5. The first kappa shape index (κ1) is 13.0. The highest BCUT2D eigenvalue weighted by atomic mass is 35.5. The van der Waals surface area contributed by atoms with E-state index in [2.05, 4.69) is 6.07 Å². The molecule has 1 atom stereocenters. The van der Waals surface area contributed by atoms with Crippen molar-refractivity contribution >= 4 is 11.6 Å². The van der Waals surface area contributed by atoms with Crippen LogP contribution in [-0.4, -0.2) is 6.10 Å². The minimum atomic E-state index is -0.0167. The fourth-order valence-electron chi connectivity index (χ4n) is 1.51. The third-order valence-electron chi connectivity index (χ3n) is 2.20. The summed E-state index contributed by atoms with van der Waals surface area (Å²) in [5.74, 6) is 0. The van der Waals surface area contributed by atoms with E-state index in [1.807, 2.05) is 38.1 Å². The Hall–Kier alpha value is -1.04. The van der Waals surface area contributed by atoms with Crippen molar-refractivity contribution < 1.29 is 4.74 Å². The van der Waals surface area contributed by atoms with Crippen LogP contribution in [0.25, 0.3) is 0 Å². The number of hydrogen-bond donors (Lipinski definition) is 0. The quantitative estimate of drug-likeness (QED) is 0.772. The topological polar surface area (TPSA) is 33.0 Å². The van der Waals surface area contributed by atoms with Crippen LogP contribution in [-0.2, 0) is 4.74 Å². The maximum absolute atomic E-state index is 8.61. The summed E-state index contributed by atoms with van der Waals surface area (Å²) >= 11 is 5.83. The van der Waals surface area contributed by atoms with Crippen molar-refractivity contribution in [3.05, 3.63) is 34.9 Å². The molecule has 0 saturated carbocycles. The van der Waals surface area contributed by atoms with E-state index >= 15 is 0 Å². The number of nitriles is 1. The Labute approximate surface area is 102 Å².